The topological polar surface area (TPSA) is 40.5 Å². The van der Waals surface area contributed by atoms with E-state index >= 15 is 0 Å². The molecule has 0 spiro atoms. The Kier molecular flexibility index (Phi) is 3.48. The van der Waals surface area contributed by atoms with E-state index in [4.69, 9.17) is 5.11 Å². The van der Waals surface area contributed by atoms with E-state index < -0.39 is 5.97 Å². The lowest BCUT2D eigenvalue weighted by atomic mass is 10.1. The third-order valence-corrected chi connectivity index (χ3v) is 2.47. The zero-order valence-electron chi connectivity index (χ0n) is 8.29. The molecule has 0 amide bonds. The molecule has 0 fully saturated rings. The Balaban J connectivity index is 2.35. The summed E-state index contributed by atoms with van der Waals surface area (Å²) in [6, 6.07) is 0. The average Bonchev–Trinajstić information content (AvgIpc) is 2.08. The summed E-state index contributed by atoms with van der Waals surface area (Å²) in [4.78, 5) is 12.8. The highest BCUT2D eigenvalue weighted by atomic mass is 16.4. The molecule has 3 heteroatoms. The maximum absolute atomic E-state index is 10.6. The van der Waals surface area contributed by atoms with Crippen LogP contribution in [0.2, 0.25) is 0 Å². The lowest BCUT2D eigenvalue weighted by molar-refractivity contribution is -0.141. The van der Waals surface area contributed by atoms with Crippen molar-refractivity contribution >= 4 is 5.97 Å². The molecule has 1 heterocycles. The molecule has 0 saturated carbocycles. The summed E-state index contributed by atoms with van der Waals surface area (Å²) in [7, 11) is 0. The number of nitrogens with zero attached hydrogens (tertiary/aromatic N) is 1. The van der Waals surface area contributed by atoms with E-state index in [1.807, 2.05) is 0 Å². The van der Waals surface area contributed by atoms with Crippen molar-refractivity contribution in [1.29, 1.82) is 0 Å². The second kappa shape index (κ2) is 4.42. The molecular weight excluding hydrogens is 166 g/mol. The second-order valence-corrected chi connectivity index (χ2v) is 3.80. The van der Waals surface area contributed by atoms with E-state index in [0.29, 0.717) is 6.54 Å². The smallest absolute Gasteiger partial charge is 0.307 e. The normalized spacial score (nSPS) is 20.9. The maximum Gasteiger partial charge on any atom is 0.307 e. The first-order valence-corrected chi connectivity index (χ1v) is 4.70. The standard InChI is InChI=1S/C10H17NO2/c1-8-3-5-11(6-4-8)7-9(2)10(12)13/h3,9H,4-7H2,1-2H3,(H,12,13). The minimum absolute atomic E-state index is 0.258. The number of carbonyl (C=O) groups is 1. The molecule has 74 valence electrons. The zero-order valence-corrected chi connectivity index (χ0v) is 8.29. The minimum Gasteiger partial charge on any atom is -0.481 e. The summed E-state index contributed by atoms with van der Waals surface area (Å²) in [6.07, 6.45) is 3.25. The molecule has 13 heavy (non-hydrogen) atoms. The van der Waals surface area contributed by atoms with Crippen LogP contribution in [0.25, 0.3) is 0 Å². The molecule has 0 aromatic rings. The lowest BCUT2D eigenvalue weighted by Crippen LogP contribution is -2.34. The molecule has 0 aromatic carbocycles. The Morgan fingerprint density at radius 1 is 1.77 bits per heavy atom. The minimum atomic E-state index is -0.703. The Morgan fingerprint density at radius 3 is 2.92 bits per heavy atom. The molecule has 1 rings (SSSR count). The van der Waals surface area contributed by atoms with Crippen LogP contribution in [0.15, 0.2) is 11.6 Å². The van der Waals surface area contributed by atoms with Crippen molar-refractivity contribution in [3.8, 4) is 0 Å². The van der Waals surface area contributed by atoms with Gasteiger partial charge in [0.25, 0.3) is 0 Å². The van der Waals surface area contributed by atoms with Crippen LogP contribution in [0.3, 0.4) is 0 Å². The summed E-state index contributed by atoms with van der Waals surface area (Å²) in [5, 5.41) is 8.72. The molecular formula is C10H17NO2. The summed E-state index contributed by atoms with van der Waals surface area (Å²) >= 11 is 0. The molecule has 0 aliphatic carbocycles. The van der Waals surface area contributed by atoms with Gasteiger partial charge in [-0.25, -0.2) is 0 Å². The maximum atomic E-state index is 10.6. The van der Waals surface area contributed by atoms with Gasteiger partial charge in [-0.2, -0.15) is 0 Å². The fourth-order valence-electron chi connectivity index (χ4n) is 1.44. The molecule has 1 atom stereocenters. The van der Waals surface area contributed by atoms with Crippen LogP contribution in [0.4, 0.5) is 0 Å². The molecule has 1 unspecified atom stereocenters. The van der Waals surface area contributed by atoms with Crippen LogP contribution < -0.4 is 0 Å². The molecule has 0 radical (unpaired) electrons. The van der Waals surface area contributed by atoms with Gasteiger partial charge in [0.05, 0.1) is 5.92 Å². The van der Waals surface area contributed by atoms with Gasteiger partial charge in [0.15, 0.2) is 0 Å². The first-order chi connectivity index (χ1) is 6.09. The van der Waals surface area contributed by atoms with Gasteiger partial charge in [-0.05, 0) is 13.3 Å². The van der Waals surface area contributed by atoms with Gasteiger partial charge in [-0.15, -0.1) is 0 Å². The van der Waals surface area contributed by atoms with Crippen molar-refractivity contribution in [1.82, 2.24) is 4.90 Å². The zero-order chi connectivity index (χ0) is 9.84. The van der Waals surface area contributed by atoms with Crippen molar-refractivity contribution < 1.29 is 9.90 Å². The SMILES string of the molecule is CC1=CCN(CC(C)C(=O)O)CC1. The number of hydrogen-bond donors (Lipinski definition) is 1. The van der Waals surface area contributed by atoms with E-state index in [2.05, 4.69) is 17.9 Å². The van der Waals surface area contributed by atoms with E-state index in [1.165, 1.54) is 5.57 Å². The van der Waals surface area contributed by atoms with Gasteiger partial charge >= 0.3 is 5.97 Å². The monoisotopic (exact) mass is 183 g/mol. The summed E-state index contributed by atoms with van der Waals surface area (Å²) in [5.41, 5.74) is 1.42. The summed E-state index contributed by atoms with van der Waals surface area (Å²) in [6.45, 7) is 6.45. The molecule has 1 aliphatic rings. The summed E-state index contributed by atoms with van der Waals surface area (Å²) < 4.78 is 0. The highest BCUT2D eigenvalue weighted by Gasteiger charge is 2.16. The Labute approximate surface area is 79.0 Å². The molecule has 0 aromatic heterocycles. The Hall–Kier alpha value is -0.830. The predicted octanol–water partition coefficient (Wildman–Crippen LogP) is 1.36. The third kappa shape index (κ3) is 3.19. The predicted molar refractivity (Wildman–Crippen MR) is 51.6 cm³/mol. The average molecular weight is 183 g/mol. The van der Waals surface area contributed by atoms with Crippen LogP contribution in [0.1, 0.15) is 20.3 Å². The van der Waals surface area contributed by atoms with Crippen molar-refractivity contribution in [2.24, 2.45) is 5.92 Å². The molecule has 0 saturated heterocycles. The van der Waals surface area contributed by atoms with Crippen molar-refractivity contribution in [3.63, 3.8) is 0 Å². The van der Waals surface area contributed by atoms with E-state index in [0.717, 1.165) is 19.5 Å². The van der Waals surface area contributed by atoms with Gasteiger partial charge < -0.3 is 5.11 Å². The number of carboxylic acids is 1. The van der Waals surface area contributed by atoms with Crippen LogP contribution in [-0.2, 0) is 4.79 Å². The largest absolute Gasteiger partial charge is 0.481 e. The highest BCUT2D eigenvalue weighted by molar-refractivity contribution is 5.69. The van der Waals surface area contributed by atoms with Crippen molar-refractivity contribution in [3.05, 3.63) is 11.6 Å². The fraction of sp³-hybridized carbons (Fsp3) is 0.700. The molecule has 3 nitrogen and oxygen atoms in total. The number of aliphatic carboxylic acids is 1. The second-order valence-electron chi connectivity index (χ2n) is 3.80. The first kappa shape index (κ1) is 10.3. The molecule has 1 N–H and O–H groups in total. The molecule has 0 bridgehead atoms. The first-order valence-electron chi connectivity index (χ1n) is 4.70. The van der Waals surface area contributed by atoms with Gasteiger partial charge in [0.1, 0.15) is 0 Å². The Morgan fingerprint density at radius 2 is 2.46 bits per heavy atom. The van der Waals surface area contributed by atoms with Crippen LogP contribution in [0, 0.1) is 5.92 Å². The highest BCUT2D eigenvalue weighted by Crippen LogP contribution is 2.11. The van der Waals surface area contributed by atoms with Crippen molar-refractivity contribution in [2.75, 3.05) is 19.6 Å². The summed E-state index contributed by atoms with van der Waals surface area (Å²) in [5.74, 6) is -0.960. The van der Waals surface area contributed by atoms with Crippen molar-refractivity contribution in [2.45, 2.75) is 20.3 Å². The van der Waals surface area contributed by atoms with E-state index in [9.17, 15) is 4.79 Å². The van der Waals surface area contributed by atoms with Crippen LogP contribution in [-0.4, -0.2) is 35.6 Å². The lowest BCUT2D eigenvalue weighted by Gasteiger charge is -2.26. The number of hydrogen-bond acceptors (Lipinski definition) is 2. The number of carboxylic acid groups (broad SMARTS) is 1. The van der Waals surface area contributed by atoms with E-state index in [-0.39, 0.29) is 5.92 Å². The van der Waals surface area contributed by atoms with Gasteiger partial charge in [0.2, 0.25) is 0 Å². The quantitative estimate of drug-likeness (QED) is 0.672. The van der Waals surface area contributed by atoms with Gasteiger partial charge in [-0.3, -0.25) is 9.69 Å². The van der Waals surface area contributed by atoms with Crippen LogP contribution >= 0.6 is 0 Å². The fourth-order valence-corrected chi connectivity index (χ4v) is 1.44. The van der Waals surface area contributed by atoms with Gasteiger partial charge in [-0.1, -0.05) is 18.6 Å². The number of rotatable bonds is 3. The third-order valence-electron chi connectivity index (χ3n) is 2.47. The molecule has 1 aliphatic heterocycles. The van der Waals surface area contributed by atoms with E-state index in [1.54, 1.807) is 6.92 Å². The van der Waals surface area contributed by atoms with Gasteiger partial charge in [0, 0.05) is 19.6 Å². The van der Waals surface area contributed by atoms with Crippen LogP contribution in [0.5, 0.6) is 0 Å². The Bertz CT molecular complexity index is 223.